The van der Waals surface area contributed by atoms with E-state index < -0.39 is 0 Å². The van der Waals surface area contributed by atoms with E-state index in [1.807, 2.05) is 57.7 Å². The number of nitrogens with one attached hydrogen (secondary N) is 2. The molecule has 4 rings (SSSR count). The van der Waals surface area contributed by atoms with Crippen molar-refractivity contribution in [3.63, 3.8) is 0 Å². The lowest BCUT2D eigenvalue weighted by atomic mass is 10.2. The summed E-state index contributed by atoms with van der Waals surface area (Å²) in [7, 11) is 0. The SMILES string of the molecule is CC(C)Cn1c(-c2ccc(Cl)cc2)n[nH]c1=S.CC(C)Cn1c(-c2ccc(Cl)cc2)n[nH]c1=S. The molecule has 180 valence electrons. The zero-order valence-electron chi connectivity index (χ0n) is 19.5. The molecule has 0 radical (unpaired) electrons. The van der Waals surface area contributed by atoms with Gasteiger partial charge < -0.3 is 0 Å². The number of hydrogen-bond donors (Lipinski definition) is 2. The van der Waals surface area contributed by atoms with Crippen molar-refractivity contribution in [1.29, 1.82) is 0 Å². The summed E-state index contributed by atoms with van der Waals surface area (Å²) in [4.78, 5) is 0. The summed E-state index contributed by atoms with van der Waals surface area (Å²) in [5, 5.41) is 15.7. The normalized spacial score (nSPS) is 11.1. The Balaban J connectivity index is 0.000000191. The first-order chi connectivity index (χ1) is 16.2. The Labute approximate surface area is 220 Å². The minimum absolute atomic E-state index is 0.519. The number of hydrogen-bond acceptors (Lipinski definition) is 4. The van der Waals surface area contributed by atoms with Crippen molar-refractivity contribution in [1.82, 2.24) is 29.5 Å². The summed E-state index contributed by atoms with van der Waals surface area (Å²) in [6, 6.07) is 15.2. The first-order valence-corrected chi connectivity index (χ1v) is 12.5. The minimum Gasteiger partial charge on any atom is -0.300 e. The second-order valence-electron chi connectivity index (χ2n) is 8.73. The number of aromatic amines is 2. The zero-order valence-corrected chi connectivity index (χ0v) is 22.7. The van der Waals surface area contributed by atoms with Gasteiger partial charge in [0.15, 0.2) is 21.2 Å². The van der Waals surface area contributed by atoms with E-state index in [0.29, 0.717) is 21.4 Å². The lowest BCUT2D eigenvalue weighted by Crippen LogP contribution is -2.06. The van der Waals surface area contributed by atoms with Crippen molar-refractivity contribution < 1.29 is 0 Å². The van der Waals surface area contributed by atoms with Crippen LogP contribution in [0.5, 0.6) is 0 Å². The third-order valence-electron chi connectivity index (χ3n) is 4.82. The van der Waals surface area contributed by atoms with Gasteiger partial charge in [-0.3, -0.25) is 19.3 Å². The summed E-state index contributed by atoms with van der Waals surface area (Å²) in [5.74, 6) is 2.76. The van der Waals surface area contributed by atoms with Gasteiger partial charge in [-0.2, -0.15) is 10.2 Å². The van der Waals surface area contributed by atoms with Crippen LogP contribution < -0.4 is 0 Å². The molecule has 0 spiro atoms. The average Bonchev–Trinajstić information content (AvgIpc) is 3.32. The van der Waals surface area contributed by atoms with Crippen molar-refractivity contribution in [3.8, 4) is 22.8 Å². The second-order valence-corrected chi connectivity index (χ2v) is 10.4. The Morgan fingerprint density at radius 3 is 1.29 bits per heavy atom. The number of benzene rings is 2. The molecule has 0 atom stereocenters. The number of H-pyrrole nitrogens is 2. The number of aromatic nitrogens is 6. The van der Waals surface area contributed by atoms with Gasteiger partial charge >= 0.3 is 0 Å². The summed E-state index contributed by atoms with van der Waals surface area (Å²) < 4.78 is 5.35. The van der Waals surface area contributed by atoms with Crippen LogP contribution in [-0.4, -0.2) is 29.5 Å². The molecule has 0 fully saturated rings. The fourth-order valence-corrected chi connectivity index (χ4v) is 4.01. The van der Waals surface area contributed by atoms with Gasteiger partial charge in [-0.05, 0) is 84.8 Å². The van der Waals surface area contributed by atoms with Crippen LogP contribution in [0.2, 0.25) is 10.0 Å². The Hall–Kier alpha value is -2.26. The molecule has 2 heterocycles. The zero-order chi connectivity index (χ0) is 24.8. The van der Waals surface area contributed by atoms with E-state index in [4.69, 9.17) is 47.6 Å². The van der Waals surface area contributed by atoms with E-state index >= 15 is 0 Å². The molecule has 2 aromatic heterocycles. The number of rotatable bonds is 6. The maximum absolute atomic E-state index is 5.87. The Morgan fingerprint density at radius 1 is 0.676 bits per heavy atom. The van der Waals surface area contributed by atoms with Crippen LogP contribution >= 0.6 is 47.6 Å². The van der Waals surface area contributed by atoms with Crippen molar-refractivity contribution in [2.24, 2.45) is 11.8 Å². The molecular formula is C24H28Cl2N6S2. The van der Waals surface area contributed by atoms with Gasteiger partial charge in [0.2, 0.25) is 0 Å². The molecule has 10 heteroatoms. The van der Waals surface area contributed by atoms with Gasteiger partial charge in [-0.25, -0.2) is 0 Å². The fourth-order valence-electron chi connectivity index (χ4n) is 3.34. The third kappa shape index (κ3) is 6.88. The standard InChI is InChI=1S/2C12H14ClN3S/c2*1-8(2)7-16-11(14-15-12(16)17)9-3-5-10(13)6-4-9/h2*3-6,8H,7H2,1-2H3,(H,15,17). The topological polar surface area (TPSA) is 67.2 Å². The molecule has 2 N–H and O–H groups in total. The monoisotopic (exact) mass is 534 g/mol. The Kier molecular flexibility index (Phi) is 9.24. The molecule has 0 amide bonds. The van der Waals surface area contributed by atoms with E-state index in [0.717, 1.165) is 45.9 Å². The molecule has 0 saturated carbocycles. The molecule has 0 aliphatic heterocycles. The second kappa shape index (κ2) is 11.9. The molecule has 4 aromatic rings. The Morgan fingerprint density at radius 2 is 1.00 bits per heavy atom. The largest absolute Gasteiger partial charge is 0.300 e. The quantitative estimate of drug-likeness (QED) is 0.247. The smallest absolute Gasteiger partial charge is 0.195 e. The highest BCUT2D eigenvalue weighted by Crippen LogP contribution is 2.22. The van der Waals surface area contributed by atoms with Crippen molar-refractivity contribution in [2.45, 2.75) is 40.8 Å². The van der Waals surface area contributed by atoms with Gasteiger partial charge in [0, 0.05) is 34.3 Å². The highest BCUT2D eigenvalue weighted by atomic mass is 35.5. The van der Waals surface area contributed by atoms with E-state index in [1.54, 1.807) is 0 Å². The van der Waals surface area contributed by atoms with Gasteiger partial charge in [0.25, 0.3) is 0 Å². The highest BCUT2D eigenvalue weighted by molar-refractivity contribution is 7.71. The molecule has 0 aliphatic carbocycles. The van der Waals surface area contributed by atoms with E-state index in [9.17, 15) is 0 Å². The van der Waals surface area contributed by atoms with Crippen LogP contribution in [0.3, 0.4) is 0 Å². The van der Waals surface area contributed by atoms with E-state index in [2.05, 4.69) is 48.1 Å². The molecule has 34 heavy (non-hydrogen) atoms. The van der Waals surface area contributed by atoms with Crippen LogP contribution in [0.4, 0.5) is 0 Å². The molecule has 0 saturated heterocycles. The van der Waals surface area contributed by atoms with Crippen LogP contribution in [0, 0.1) is 21.4 Å². The van der Waals surface area contributed by atoms with Crippen molar-refractivity contribution in [2.75, 3.05) is 0 Å². The van der Waals surface area contributed by atoms with Crippen LogP contribution in [0.1, 0.15) is 27.7 Å². The predicted octanol–water partition coefficient (Wildman–Crippen LogP) is 7.83. The van der Waals surface area contributed by atoms with Gasteiger partial charge in [-0.1, -0.05) is 50.9 Å². The van der Waals surface area contributed by atoms with E-state index in [-0.39, 0.29) is 0 Å². The van der Waals surface area contributed by atoms with Crippen LogP contribution in [-0.2, 0) is 13.1 Å². The summed E-state index contributed by atoms with van der Waals surface area (Å²) in [5.41, 5.74) is 2.03. The lowest BCUT2D eigenvalue weighted by molar-refractivity contribution is 0.521. The minimum atomic E-state index is 0.519. The lowest BCUT2D eigenvalue weighted by Gasteiger charge is -2.09. The molecule has 6 nitrogen and oxygen atoms in total. The predicted molar refractivity (Wildman–Crippen MR) is 145 cm³/mol. The van der Waals surface area contributed by atoms with Crippen LogP contribution in [0.25, 0.3) is 22.8 Å². The van der Waals surface area contributed by atoms with E-state index in [1.165, 1.54) is 0 Å². The summed E-state index contributed by atoms with van der Waals surface area (Å²) >= 11 is 22.2. The summed E-state index contributed by atoms with van der Waals surface area (Å²) in [6.07, 6.45) is 0. The third-order valence-corrected chi connectivity index (χ3v) is 5.94. The molecular weight excluding hydrogens is 507 g/mol. The maximum atomic E-state index is 5.87. The summed E-state index contributed by atoms with van der Waals surface area (Å²) in [6.45, 7) is 10.3. The van der Waals surface area contributed by atoms with Crippen molar-refractivity contribution in [3.05, 3.63) is 68.1 Å². The maximum Gasteiger partial charge on any atom is 0.195 e. The van der Waals surface area contributed by atoms with Crippen molar-refractivity contribution >= 4 is 47.6 Å². The number of halogens is 2. The molecule has 0 unspecified atom stereocenters. The van der Waals surface area contributed by atoms with Gasteiger partial charge in [0.05, 0.1) is 0 Å². The first-order valence-electron chi connectivity index (χ1n) is 11.0. The average molecular weight is 536 g/mol. The fraction of sp³-hybridized carbons (Fsp3) is 0.333. The first kappa shape index (κ1) is 26.3. The number of nitrogens with zero attached hydrogens (tertiary/aromatic N) is 4. The van der Waals surface area contributed by atoms with Gasteiger partial charge in [0.1, 0.15) is 0 Å². The molecule has 0 aliphatic rings. The van der Waals surface area contributed by atoms with Crippen LogP contribution in [0.15, 0.2) is 48.5 Å². The molecule has 2 aromatic carbocycles. The van der Waals surface area contributed by atoms with Gasteiger partial charge in [-0.15, -0.1) is 0 Å². The highest BCUT2D eigenvalue weighted by Gasteiger charge is 2.11. The molecule has 0 bridgehead atoms. The Bertz CT molecular complexity index is 1210.